The van der Waals surface area contributed by atoms with E-state index in [1.54, 1.807) is 0 Å². The Morgan fingerprint density at radius 1 is 0.255 bits per heavy atom. The lowest BCUT2D eigenvalue weighted by Crippen LogP contribution is -2.61. The molecule has 4 heteroatoms. The van der Waals surface area contributed by atoms with E-state index in [1.807, 2.05) is 0 Å². The minimum atomic E-state index is -0.140. The molecule has 0 fully saturated rings. The molecule has 502 valence electrons. The first-order valence-corrected chi connectivity index (χ1v) is 38.3. The third-order valence-corrected chi connectivity index (χ3v) is 21.8. The van der Waals surface area contributed by atoms with Gasteiger partial charge in [-0.15, -0.1) is 0 Å². The summed E-state index contributed by atoms with van der Waals surface area (Å²) in [5, 5.41) is 2.67. The van der Waals surface area contributed by atoms with Gasteiger partial charge in [0.25, 0.3) is 6.71 Å². The Morgan fingerprint density at radius 2 is 0.569 bits per heavy atom. The number of hydrogen-bond donors (Lipinski definition) is 0. The number of aromatic nitrogens is 1. The number of benzene rings is 13. The molecule has 14 aromatic rings. The molecule has 0 saturated carbocycles. The smallest absolute Gasteiger partial charge is 0.252 e. The standard InChI is InChI=1S/C98H92BN3/c1-5-9-19-35-69-52-57-90-86(59-69)87-60-70(36-20-10-6-2)53-58-91(87)100(90)81-54-56-89-93(68-81)102(98-84(77-47-31-17-32-48-77)66-80(74-41-25-14-26-42-74)67-85(98)78-49-33-18-34-50-78)95-63-72(38-22-12-8-4)62-94-96(95)99(89)88-55-51-71(37-21-11-7-3)61-92(88)101(94)97-82(75-43-27-15-28-44-75)64-79(73-39-23-13-24-40-73)65-83(97)76-45-29-16-30-46-76/h13-18,23-34,39-68H,5-12,19-22,35-38H2,1-4H3. The van der Waals surface area contributed by atoms with E-state index in [-0.39, 0.29) is 6.71 Å². The van der Waals surface area contributed by atoms with Gasteiger partial charge in [-0.1, -0.05) is 291 Å². The van der Waals surface area contributed by atoms with Crippen LogP contribution in [0, 0.1) is 0 Å². The summed E-state index contributed by atoms with van der Waals surface area (Å²) in [6.45, 7) is 9.15. The van der Waals surface area contributed by atoms with Gasteiger partial charge >= 0.3 is 0 Å². The van der Waals surface area contributed by atoms with Crippen molar-refractivity contribution < 1.29 is 0 Å². The zero-order chi connectivity index (χ0) is 68.9. The lowest BCUT2D eigenvalue weighted by molar-refractivity contribution is 0.717. The molecule has 16 rings (SSSR count). The number of aryl methyl sites for hydroxylation is 4. The minimum absolute atomic E-state index is 0.140. The zero-order valence-corrected chi connectivity index (χ0v) is 59.9. The van der Waals surface area contributed by atoms with Crippen LogP contribution in [-0.2, 0) is 25.7 Å². The van der Waals surface area contributed by atoms with Crippen molar-refractivity contribution in [2.75, 3.05) is 9.80 Å². The van der Waals surface area contributed by atoms with Crippen molar-refractivity contribution in [3.63, 3.8) is 0 Å². The number of rotatable bonds is 25. The summed E-state index contributed by atoms with van der Waals surface area (Å²) in [6, 6.07) is 113. The fourth-order valence-corrected chi connectivity index (χ4v) is 16.7. The molecule has 0 atom stereocenters. The summed E-state index contributed by atoms with van der Waals surface area (Å²) < 4.78 is 2.61. The molecule has 0 radical (unpaired) electrons. The molecule has 1 aromatic heterocycles. The quantitative estimate of drug-likeness (QED) is 0.0417. The second-order valence-electron chi connectivity index (χ2n) is 28.7. The molecule has 0 saturated heterocycles. The highest BCUT2D eigenvalue weighted by atomic mass is 15.2. The summed E-state index contributed by atoms with van der Waals surface area (Å²) in [6.07, 6.45) is 18.2. The SMILES string of the molecule is CCCCCc1ccc2c(c1)N(c1c(-c3ccccc3)cc(-c3ccccc3)cc1-c1ccccc1)c1cc(CCCCC)cc3c1B2c1ccc(-n2c4ccc(CCCCC)cc4c4cc(CCCCC)ccc42)cc1N3c1c(-c2ccccc2)cc(-c2ccccc2)cc1-c1ccccc1. The van der Waals surface area contributed by atoms with E-state index in [0.29, 0.717) is 0 Å². The van der Waals surface area contributed by atoms with Crippen LogP contribution >= 0.6 is 0 Å². The predicted octanol–water partition coefficient (Wildman–Crippen LogP) is 25.8. The molecule has 0 unspecified atom stereocenters. The summed E-state index contributed by atoms with van der Waals surface area (Å²) >= 11 is 0. The number of hydrogen-bond acceptors (Lipinski definition) is 2. The van der Waals surface area contributed by atoms with Crippen molar-refractivity contribution in [2.45, 2.75) is 130 Å². The summed E-state index contributed by atoms with van der Waals surface area (Å²) in [5.74, 6) is 0. The van der Waals surface area contributed by atoms with Crippen LogP contribution in [0.4, 0.5) is 34.1 Å². The van der Waals surface area contributed by atoms with E-state index < -0.39 is 0 Å². The monoisotopic (exact) mass is 1320 g/mol. The van der Waals surface area contributed by atoms with E-state index in [0.717, 1.165) is 57.1 Å². The molecular formula is C98H92BN3. The van der Waals surface area contributed by atoms with E-state index in [1.165, 1.54) is 213 Å². The van der Waals surface area contributed by atoms with Crippen molar-refractivity contribution in [1.29, 1.82) is 0 Å². The largest absolute Gasteiger partial charge is 0.310 e. The Hall–Kier alpha value is -10.7. The zero-order valence-electron chi connectivity index (χ0n) is 59.9. The number of anilines is 6. The van der Waals surface area contributed by atoms with Gasteiger partial charge in [-0.2, -0.15) is 0 Å². The molecule has 3 heterocycles. The van der Waals surface area contributed by atoms with Crippen LogP contribution in [0.3, 0.4) is 0 Å². The molecule has 102 heavy (non-hydrogen) atoms. The fraction of sp³-hybridized carbons (Fsp3) is 0.204. The van der Waals surface area contributed by atoms with Crippen LogP contribution in [0.25, 0.3) is 94.3 Å². The van der Waals surface area contributed by atoms with Gasteiger partial charge in [-0.05, 0) is 213 Å². The van der Waals surface area contributed by atoms with Gasteiger partial charge in [-0.3, -0.25) is 0 Å². The second-order valence-corrected chi connectivity index (χ2v) is 28.7. The summed E-state index contributed by atoms with van der Waals surface area (Å²) in [4.78, 5) is 5.55. The van der Waals surface area contributed by atoms with Crippen LogP contribution in [0.15, 0.2) is 291 Å². The highest BCUT2D eigenvalue weighted by Crippen LogP contribution is 2.55. The van der Waals surface area contributed by atoms with Gasteiger partial charge in [0, 0.05) is 61.5 Å². The molecule has 3 nitrogen and oxygen atoms in total. The molecule has 0 aliphatic carbocycles. The Morgan fingerprint density at radius 3 is 0.941 bits per heavy atom. The highest BCUT2D eigenvalue weighted by molar-refractivity contribution is 7.00. The van der Waals surface area contributed by atoms with E-state index >= 15 is 0 Å². The average Bonchev–Trinajstić information content (AvgIpc) is 0.731. The van der Waals surface area contributed by atoms with Gasteiger partial charge in [0.1, 0.15) is 0 Å². The van der Waals surface area contributed by atoms with Crippen molar-refractivity contribution in [3.05, 3.63) is 313 Å². The van der Waals surface area contributed by atoms with Crippen LogP contribution in [-0.4, -0.2) is 11.3 Å². The van der Waals surface area contributed by atoms with Crippen molar-refractivity contribution in [3.8, 4) is 72.4 Å². The maximum Gasteiger partial charge on any atom is 0.252 e. The maximum atomic E-state index is 2.78. The van der Waals surface area contributed by atoms with E-state index in [9.17, 15) is 0 Å². The van der Waals surface area contributed by atoms with Crippen LogP contribution in [0.1, 0.15) is 127 Å². The summed E-state index contributed by atoms with van der Waals surface area (Å²) in [7, 11) is 0. The third kappa shape index (κ3) is 12.8. The Bertz CT molecular complexity index is 5080. The molecule has 0 spiro atoms. The normalized spacial score (nSPS) is 12.3. The van der Waals surface area contributed by atoms with E-state index in [4.69, 9.17) is 0 Å². The molecule has 13 aromatic carbocycles. The number of unbranched alkanes of at least 4 members (excludes halogenated alkanes) is 8. The maximum absolute atomic E-state index is 2.78. The molecular weight excluding hydrogens is 1230 g/mol. The first kappa shape index (κ1) is 65.9. The average molecular weight is 1320 g/mol. The first-order chi connectivity index (χ1) is 50.5. The third-order valence-electron chi connectivity index (χ3n) is 21.8. The minimum Gasteiger partial charge on any atom is -0.310 e. The summed E-state index contributed by atoms with van der Waals surface area (Å²) in [5.41, 5.74) is 34.6. The highest BCUT2D eigenvalue weighted by Gasteiger charge is 2.46. The van der Waals surface area contributed by atoms with Crippen LogP contribution in [0.2, 0.25) is 0 Å². The number of nitrogens with zero attached hydrogens (tertiary/aromatic N) is 3. The van der Waals surface area contributed by atoms with E-state index in [2.05, 4.69) is 333 Å². The fourth-order valence-electron chi connectivity index (χ4n) is 16.7. The van der Waals surface area contributed by atoms with Crippen molar-refractivity contribution >= 4 is 79.0 Å². The van der Waals surface area contributed by atoms with Gasteiger partial charge in [-0.25, -0.2) is 0 Å². The van der Waals surface area contributed by atoms with Gasteiger partial charge < -0.3 is 14.4 Å². The Balaban J connectivity index is 1.05. The molecule has 0 N–H and O–H groups in total. The molecule has 0 amide bonds. The molecule has 0 bridgehead atoms. The molecule has 2 aliphatic heterocycles. The second kappa shape index (κ2) is 29.9. The lowest BCUT2D eigenvalue weighted by atomic mass is 9.33. The number of fused-ring (bicyclic) bond motifs is 7. The first-order valence-electron chi connectivity index (χ1n) is 38.3. The topological polar surface area (TPSA) is 11.4 Å². The van der Waals surface area contributed by atoms with Crippen LogP contribution in [0.5, 0.6) is 0 Å². The Kier molecular flexibility index (Phi) is 19.3. The van der Waals surface area contributed by atoms with Crippen LogP contribution < -0.4 is 26.2 Å². The molecule has 2 aliphatic rings. The predicted molar refractivity (Wildman–Crippen MR) is 440 cm³/mol. The van der Waals surface area contributed by atoms with Gasteiger partial charge in [0.05, 0.1) is 22.4 Å². The van der Waals surface area contributed by atoms with Crippen molar-refractivity contribution in [2.24, 2.45) is 0 Å². The Labute approximate surface area is 605 Å². The lowest BCUT2D eigenvalue weighted by Gasteiger charge is -2.46. The van der Waals surface area contributed by atoms with Crippen molar-refractivity contribution in [1.82, 2.24) is 4.57 Å². The van der Waals surface area contributed by atoms with Gasteiger partial charge in [0.2, 0.25) is 0 Å². The van der Waals surface area contributed by atoms with Gasteiger partial charge in [0.15, 0.2) is 0 Å².